The monoisotopic (exact) mass is 392 g/mol. The molecule has 0 saturated heterocycles. The summed E-state index contributed by atoms with van der Waals surface area (Å²) in [7, 11) is -3.68. The molecule has 1 N–H and O–H groups in total. The van der Waals surface area contributed by atoms with Gasteiger partial charge in [-0.2, -0.15) is 0 Å². The molecular weight excluding hydrogens is 379 g/mol. The van der Waals surface area contributed by atoms with Crippen molar-refractivity contribution in [2.45, 2.75) is 11.4 Å². The summed E-state index contributed by atoms with van der Waals surface area (Å²) in [6.45, 7) is 0.0576. The molecule has 0 amide bonds. The molecular formula is C18H14ClFN2O3S. The van der Waals surface area contributed by atoms with Gasteiger partial charge in [0.1, 0.15) is 11.6 Å². The van der Waals surface area contributed by atoms with Gasteiger partial charge in [-0.05, 0) is 35.9 Å². The Balaban J connectivity index is 1.64. The summed E-state index contributed by atoms with van der Waals surface area (Å²) in [4.78, 5) is 4.18. The second-order valence-electron chi connectivity index (χ2n) is 5.35. The van der Waals surface area contributed by atoms with Crippen molar-refractivity contribution < 1.29 is 17.5 Å². The summed E-state index contributed by atoms with van der Waals surface area (Å²) in [5.41, 5.74) is 0.641. The predicted octanol–water partition coefficient (Wildman–Crippen LogP) is 4.14. The molecule has 5 nitrogen and oxygen atoms in total. The fourth-order valence-electron chi connectivity index (χ4n) is 2.12. The van der Waals surface area contributed by atoms with Crippen molar-refractivity contribution in [1.82, 2.24) is 9.71 Å². The highest BCUT2D eigenvalue weighted by Gasteiger charge is 2.14. The molecule has 0 saturated carbocycles. The van der Waals surface area contributed by atoms with E-state index in [1.807, 2.05) is 0 Å². The molecule has 0 aliphatic heterocycles. The van der Waals surface area contributed by atoms with Gasteiger partial charge >= 0.3 is 0 Å². The quantitative estimate of drug-likeness (QED) is 0.684. The van der Waals surface area contributed by atoms with Gasteiger partial charge < -0.3 is 4.74 Å². The molecule has 0 atom stereocenters. The minimum Gasteiger partial charge on any atom is -0.439 e. The zero-order valence-electron chi connectivity index (χ0n) is 13.4. The van der Waals surface area contributed by atoms with Gasteiger partial charge in [0.25, 0.3) is 0 Å². The van der Waals surface area contributed by atoms with Crippen molar-refractivity contribution in [2.24, 2.45) is 0 Å². The lowest BCUT2D eigenvalue weighted by atomic mass is 10.3. The average molecular weight is 393 g/mol. The third-order valence-corrected chi connectivity index (χ3v) is 5.02. The Hall–Kier alpha value is -2.48. The van der Waals surface area contributed by atoms with Crippen LogP contribution in [0.1, 0.15) is 5.56 Å². The molecule has 8 heteroatoms. The number of hydrogen-bond acceptors (Lipinski definition) is 4. The molecule has 0 bridgehead atoms. The zero-order chi connectivity index (χ0) is 18.6. The van der Waals surface area contributed by atoms with Gasteiger partial charge in [-0.3, -0.25) is 0 Å². The molecule has 0 unspecified atom stereocenters. The Morgan fingerprint density at radius 2 is 1.88 bits per heavy atom. The Kier molecular flexibility index (Phi) is 5.51. The fourth-order valence-corrected chi connectivity index (χ4v) is 3.44. The van der Waals surface area contributed by atoms with Gasteiger partial charge in [-0.25, -0.2) is 22.5 Å². The highest BCUT2D eigenvalue weighted by molar-refractivity contribution is 7.89. The van der Waals surface area contributed by atoms with E-state index >= 15 is 0 Å². The van der Waals surface area contributed by atoms with Crippen molar-refractivity contribution in [3.05, 3.63) is 83.3 Å². The molecule has 0 radical (unpaired) electrons. The van der Waals surface area contributed by atoms with Crippen LogP contribution < -0.4 is 9.46 Å². The van der Waals surface area contributed by atoms with E-state index in [9.17, 15) is 12.8 Å². The van der Waals surface area contributed by atoms with Crippen molar-refractivity contribution in [1.29, 1.82) is 0 Å². The van der Waals surface area contributed by atoms with Crippen LogP contribution in [0.5, 0.6) is 11.6 Å². The lowest BCUT2D eigenvalue weighted by Crippen LogP contribution is -2.23. The molecule has 3 rings (SSSR count). The van der Waals surface area contributed by atoms with E-state index in [-0.39, 0.29) is 17.3 Å². The third kappa shape index (κ3) is 4.78. The first-order valence-electron chi connectivity index (χ1n) is 7.56. The first-order valence-corrected chi connectivity index (χ1v) is 9.42. The summed E-state index contributed by atoms with van der Waals surface area (Å²) in [5, 5.41) is 0.341. The minimum absolute atomic E-state index is 0.0576. The van der Waals surface area contributed by atoms with Crippen molar-refractivity contribution >= 4 is 21.6 Å². The number of aromatic nitrogens is 1. The number of ether oxygens (including phenoxy) is 1. The molecule has 1 aromatic heterocycles. The summed E-state index contributed by atoms with van der Waals surface area (Å²) < 4.78 is 45.5. The van der Waals surface area contributed by atoms with Crippen molar-refractivity contribution in [3.63, 3.8) is 0 Å². The maximum atomic E-state index is 13.1. The number of nitrogens with zero attached hydrogens (tertiary/aromatic N) is 1. The molecule has 3 aromatic rings. The SMILES string of the molecule is O=S(=O)(NCc1ccc(Oc2cccc(F)c2)nc1)c1cccc(Cl)c1. The Morgan fingerprint density at radius 1 is 1.08 bits per heavy atom. The Morgan fingerprint density at radius 3 is 2.58 bits per heavy atom. The molecule has 1 heterocycles. The Bertz CT molecular complexity index is 1010. The van der Waals surface area contributed by atoms with Gasteiger partial charge in [0.05, 0.1) is 4.90 Å². The number of rotatable bonds is 6. The molecule has 0 spiro atoms. The molecule has 0 aliphatic carbocycles. The van der Waals surface area contributed by atoms with Crippen molar-refractivity contribution in [2.75, 3.05) is 0 Å². The molecule has 26 heavy (non-hydrogen) atoms. The first-order chi connectivity index (χ1) is 12.4. The maximum absolute atomic E-state index is 13.1. The van der Waals surface area contributed by atoms with Crippen LogP contribution >= 0.6 is 11.6 Å². The Labute approximate surface area is 155 Å². The van der Waals surface area contributed by atoms with Crippen LogP contribution in [-0.2, 0) is 16.6 Å². The largest absolute Gasteiger partial charge is 0.439 e. The lowest BCUT2D eigenvalue weighted by molar-refractivity contribution is 0.457. The van der Waals surface area contributed by atoms with Gasteiger partial charge in [0, 0.05) is 29.9 Å². The van der Waals surface area contributed by atoms with Crippen LogP contribution in [0.25, 0.3) is 0 Å². The van der Waals surface area contributed by atoms with Crippen LogP contribution in [0.4, 0.5) is 4.39 Å². The second kappa shape index (κ2) is 7.82. The van der Waals surface area contributed by atoms with E-state index in [0.717, 1.165) is 0 Å². The fraction of sp³-hybridized carbons (Fsp3) is 0.0556. The molecule has 0 fully saturated rings. The van der Waals surface area contributed by atoms with E-state index in [0.29, 0.717) is 16.3 Å². The number of benzene rings is 2. The van der Waals surface area contributed by atoms with Crippen LogP contribution in [0.3, 0.4) is 0 Å². The normalized spacial score (nSPS) is 11.3. The summed E-state index contributed by atoms with van der Waals surface area (Å²) in [5.74, 6) is 0.193. The van der Waals surface area contributed by atoms with Gasteiger partial charge in [-0.15, -0.1) is 0 Å². The number of nitrogens with one attached hydrogen (secondary N) is 1. The average Bonchev–Trinajstić information content (AvgIpc) is 2.61. The first kappa shape index (κ1) is 18.3. The van der Waals surface area contributed by atoms with E-state index < -0.39 is 15.8 Å². The van der Waals surface area contributed by atoms with Gasteiger partial charge in [0.15, 0.2) is 0 Å². The smallest absolute Gasteiger partial charge is 0.240 e. The lowest BCUT2D eigenvalue weighted by Gasteiger charge is -2.08. The number of sulfonamides is 1. The third-order valence-electron chi connectivity index (χ3n) is 3.39. The maximum Gasteiger partial charge on any atom is 0.240 e. The van der Waals surface area contributed by atoms with E-state index in [1.54, 1.807) is 30.3 Å². The van der Waals surface area contributed by atoms with Crippen LogP contribution in [0.15, 0.2) is 71.8 Å². The van der Waals surface area contributed by atoms with Gasteiger partial charge in [-0.1, -0.05) is 29.8 Å². The highest BCUT2D eigenvalue weighted by Crippen LogP contribution is 2.20. The van der Waals surface area contributed by atoms with Crippen molar-refractivity contribution in [3.8, 4) is 11.6 Å². The standard InChI is InChI=1S/C18H14ClFN2O3S/c19-14-3-1-6-17(9-14)26(23,24)22-12-13-7-8-18(21-11-13)25-16-5-2-4-15(20)10-16/h1-11,22H,12H2. The minimum atomic E-state index is -3.68. The van der Waals surface area contributed by atoms with E-state index in [1.165, 1.54) is 36.5 Å². The zero-order valence-corrected chi connectivity index (χ0v) is 15.0. The van der Waals surface area contributed by atoms with Crippen LogP contribution in [0, 0.1) is 5.82 Å². The van der Waals surface area contributed by atoms with Gasteiger partial charge in [0.2, 0.25) is 15.9 Å². The van der Waals surface area contributed by atoms with Crippen LogP contribution in [-0.4, -0.2) is 13.4 Å². The summed E-state index contributed by atoms with van der Waals surface area (Å²) >= 11 is 5.82. The summed E-state index contributed by atoms with van der Waals surface area (Å²) in [6, 6.07) is 14.9. The highest BCUT2D eigenvalue weighted by atomic mass is 35.5. The molecule has 0 aliphatic rings. The number of pyridine rings is 1. The van der Waals surface area contributed by atoms with E-state index in [4.69, 9.17) is 16.3 Å². The van der Waals surface area contributed by atoms with E-state index in [2.05, 4.69) is 9.71 Å². The molecule has 134 valence electrons. The predicted molar refractivity (Wildman–Crippen MR) is 96.2 cm³/mol. The molecule has 2 aromatic carbocycles. The number of halogens is 2. The second-order valence-corrected chi connectivity index (χ2v) is 7.55. The summed E-state index contributed by atoms with van der Waals surface area (Å²) in [6.07, 6.45) is 1.48. The van der Waals surface area contributed by atoms with Crippen LogP contribution in [0.2, 0.25) is 5.02 Å². The number of hydrogen-bond donors (Lipinski definition) is 1. The topological polar surface area (TPSA) is 68.3 Å².